The predicted octanol–water partition coefficient (Wildman–Crippen LogP) is 9.55. The van der Waals surface area contributed by atoms with E-state index in [4.69, 9.17) is 0 Å². The van der Waals surface area contributed by atoms with Crippen LogP contribution >= 0.6 is 0 Å². The number of carboxylic acid groups (broad SMARTS) is 2. The first-order valence-electron chi connectivity index (χ1n) is 17.2. The van der Waals surface area contributed by atoms with Gasteiger partial charge in [0.25, 0.3) is 0 Å². The zero-order chi connectivity index (χ0) is 29.8. The molecule has 5 heteroatoms. The van der Waals surface area contributed by atoms with Crippen molar-refractivity contribution in [2.24, 2.45) is 0 Å². The van der Waals surface area contributed by atoms with E-state index in [1.807, 2.05) is 0 Å². The standard InChI is InChI=1S/2C18H34O2.Zn/c2*1-2-3-4-5-6-7-8-9-10-11-12-13-14-15-16-17-18(19)20;/h2*9-10H,2-8,11-17H2,1H3,(H,19,20);/p-2/b2*10-9-;. The normalized spacial score (nSPS) is 11.0. The van der Waals surface area contributed by atoms with E-state index < -0.39 is 11.9 Å². The molecule has 0 rings (SSSR count). The largest absolute Gasteiger partial charge is 0.550 e. The van der Waals surface area contributed by atoms with Crippen molar-refractivity contribution in [3.63, 3.8) is 0 Å². The second-order valence-corrected chi connectivity index (χ2v) is 11.4. The van der Waals surface area contributed by atoms with Gasteiger partial charge in [0.2, 0.25) is 0 Å². The van der Waals surface area contributed by atoms with Gasteiger partial charge in [0.05, 0.1) is 0 Å². The summed E-state index contributed by atoms with van der Waals surface area (Å²) in [4.78, 5) is 20.4. The molecule has 4 nitrogen and oxygen atoms in total. The maximum absolute atomic E-state index is 10.2. The first-order valence-corrected chi connectivity index (χ1v) is 17.2. The Hall–Kier alpha value is -0.957. The van der Waals surface area contributed by atoms with Crippen molar-refractivity contribution in [1.82, 2.24) is 0 Å². The number of carbonyl (C=O) groups excluding carboxylic acids is 2. The second-order valence-electron chi connectivity index (χ2n) is 11.4. The molecule has 0 N–H and O–H groups in total. The van der Waals surface area contributed by atoms with Crippen molar-refractivity contribution in [3.8, 4) is 0 Å². The van der Waals surface area contributed by atoms with Crippen molar-refractivity contribution in [2.75, 3.05) is 0 Å². The molecule has 0 atom stereocenters. The van der Waals surface area contributed by atoms with Gasteiger partial charge in [-0.2, -0.15) is 0 Å². The number of allylic oxidation sites excluding steroid dienone is 4. The summed E-state index contributed by atoms with van der Waals surface area (Å²) in [6.45, 7) is 4.51. The fraction of sp³-hybridized carbons (Fsp3) is 0.833. The van der Waals surface area contributed by atoms with Crippen molar-refractivity contribution >= 4 is 11.9 Å². The Morgan fingerprint density at radius 1 is 0.390 bits per heavy atom. The third kappa shape index (κ3) is 49.1. The molecule has 0 bridgehead atoms. The number of rotatable bonds is 30. The molecule has 0 radical (unpaired) electrons. The molecule has 0 aromatic carbocycles. The molecule has 0 aliphatic heterocycles. The first-order chi connectivity index (χ1) is 19.5. The van der Waals surface area contributed by atoms with Gasteiger partial charge in [0, 0.05) is 31.4 Å². The zero-order valence-corrected chi connectivity index (χ0v) is 30.4. The van der Waals surface area contributed by atoms with E-state index in [9.17, 15) is 19.8 Å². The van der Waals surface area contributed by atoms with E-state index in [0.717, 1.165) is 38.5 Å². The SMILES string of the molecule is CCCCCCCC/C=C\CCCCCCCC(=O)[O-].CCCCCCCC/C=C\CCCCCCCC(=O)[O-].[Zn]. The average molecular weight is 628 g/mol. The van der Waals surface area contributed by atoms with E-state index in [2.05, 4.69) is 38.2 Å². The molecular weight excluding hydrogens is 562 g/mol. The first kappa shape index (κ1) is 44.5. The van der Waals surface area contributed by atoms with Crippen LogP contribution in [-0.2, 0) is 29.1 Å². The molecule has 41 heavy (non-hydrogen) atoms. The Kier molecular flexibility index (Phi) is 44.7. The number of carboxylic acids is 2. The summed E-state index contributed by atoms with van der Waals surface area (Å²) in [6.07, 6.45) is 41.8. The van der Waals surface area contributed by atoms with Crippen LogP contribution in [0.2, 0.25) is 0 Å². The van der Waals surface area contributed by atoms with Crippen LogP contribution in [0.1, 0.15) is 194 Å². The van der Waals surface area contributed by atoms with Gasteiger partial charge in [-0.3, -0.25) is 0 Å². The smallest absolute Gasteiger partial charge is 0.0414 e. The van der Waals surface area contributed by atoms with Crippen LogP contribution in [0, 0.1) is 0 Å². The summed E-state index contributed by atoms with van der Waals surface area (Å²) in [6, 6.07) is 0. The Morgan fingerprint density at radius 3 is 0.854 bits per heavy atom. The number of hydrogen-bond acceptors (Lipinski definition) is 4. The van der Waals surface area contributed by atoms with Crippen molar-refractivity contribution < 1.29 is 39.3 Å². The molecule has 0 aliphatic carbocycles. The predicted molar refractivity (Wildman–Crippen MR) is 169 cm³/mol. The topological polar surface area (TPSA) is 80.3 Å². The Labute approximate surface area is 268 Å². The Morgan fingerprint density at radius 2 is 0.610 bits per heavy atom. The molecule has 0 saturated heterocycles. The van der Waals surface area contributed by atoms with E-state index in [1.165, 1.54) is 128 Å². The summed E-state index contributed by atoms with van der Waals surface area (Å²) in [5.41, 5.74) is 0. The van der Waals surface area contributed by atoms with Crippen molar-refractivity contribution in [3.05, 3.63) is 24.3 Å². The molecule has 0 unspecified atom stereocenters. The minimum Gasteiger partial charge on any atom is -0.550 e. The molecule has 0 spiro atoms. The fourth-order valence-electron chi connectivity index (χ4n) is 4.68. The van der Waals surface area contributed by atoms with Crippen LogP contribution in [0.5, 0.6) is 0 Å². The quantitative estimate of drug-likeness (QED) is 0.0451. The van der Waals surface area contributed by atoms with Crippen molar-refractivity contribution in [1.29, 1.82) is 0 Å². The van der Waals surface area contributed by atoms with Crippen LogP contribution in [0.3, 0.4) is 0 Å². The number of hydrogen-bond donors (Lipinski definition) is 0. The molecule has 0 aromatic rings. The van der Waals surface area contributed by atoms with E-state index in [-0.39, 0.29) is 32.3 Å². The van der Waals surface area contributed by atoms with Crippen molar-refractivity contribution in [2.45, 2.75) is 194 Å². The van der Waals surface area contributed by atoms with E-state index >= 15 is 0 Å². The van der Waals surface area contributed by atoms with Gasteiger partial charge in [0.1, 0.15) is 0 Å². The van der Waals surface area contributed by atoms with E-state index in [0.29, 0.717) is 0 Å². The van der Waals surface area contributed by atoms with Gasteiger partial charge in [0.15, 0.2) is 0 Å². The fourth-order valence-corrected chi connectivity index (χ4v) is 4.68. The minimum absolute atomic E-state index is 0. The van der Waals surface area contributed by atoms with Crippen LogP contribution in [-0.4, -0.2) is 11.9 Å². The summed E-state index contributed by atoms with van der Waals surface area (Å²) in [5.74, 6) is -1.83. The number of aliphatic carboxylic acids is 2. The van der Waals surface area contributed by atoms with Crippen LogP contribution in [0.4, 0.5) is 0 Å². The molecule has 0 aliphatic rings. The third-order valence-corrected chi connectivity index (χ3v) is 7.29. The molecule has 238 valence electrons. The summed E-state index contributed by atoms with van der Waals surface area (Å²) in [5, 5.41) is 20.4. The average Bonchev–Trinajstić information content (AvgIpc) is 2.93. The van der Waals surface area contributed by atoms with E-state index in [1.54, 1.807) is 0 Å². The number of unbranched alkanes of at least 4 members (excludes halogenated alkanes) is 22. The third-order valence-electron chi connectivity index (χ3n) is 7.29. The van der Waals surface area contributed by atoms with Gasteiger partial charge in [-0.05, 0) is 77.0 Å². The molecular formula is C36H66O4Zn-2. The molecule has 0 aromatic heterocycles. The molecule has 0 heterocycles. The summed E-state index contributed by atoms with van der Waals surface area (Å²) in [7, 11) is 0. The maximum atomic E-state index is 10.2. The summed E-state index contributed by atoms with van der Waals surface area (Å²) < 4.78 is 0. The second kappa shape index (κ2) is 41.2. The zero-order valence-electron chi connectivity index (χ0n) is 27.4. The minimum atomic E-state index is -0.914. The summed E-state index contributed by atoms with van der Waals surface area (Å²) >= 11 is 0. The van der Waals surface area contributed by atoms with Gasteiger partial charge in [-0.1, -0.05) is 141 Å². The molecule has 0 fully saturated rings. The van der Waals surface area contributed by atoms with Gasteiger partial charge in [-0.15, -0.1) is 0 Å². The Balaban J connectivity index is -0.000000688. The Bertz CT molecular complexity index is 524. The van der Waals surface area contributed by atoms with Gasteiger partial charge < -0.3 is 19.8 Å². The molecule has 0 amide bonds. The van der Waals surface area contributed by atoms with Gasteiger partial charge in [-0.25, -0.2) is 0 Å². The van der Waals surface area contributed by atoms with Gasteiger partial charge >= 0.3 is 0 Å². The van der Waals surface area contributed by atoms with Crippen LogP contribution in [0.15, 0.2) is 24.3 Å². The maximum Gasteiger partial charge on any atom is 0.0414 e. The monoisotopic (exact) mass is 626 g/mol. The van der Waals surface area contributed by atoms with Crippen LogP contribution in [0.25, 0.3) is 0 Å². The molecule has 0 saturated carbocycles. The number of carbonyl (C=O) groups is 2. The van der Waals surface area contributed by atoms with Crippen LogP contribution < -0.4 is 10.2 Å².